The summed E-state index contributed by atoms with van der Waals surface area (Å²) in [5, 5.41) is 0. The molecular formula is C20H24F2N6O2. The number of halogens is 2. The first-order valence-corrected chi connectivity index (χ1v) is 10.2. The SMILES string of the molecule is CC1CCCN1c1nc(-c2cnc(N)c(OC(F)F)c2)cc(N2CC3CC2CO3)n1. The first-order valence-electron chi connectivity index (χ1n) is 10.2. The lowest BCUT2D eigenvalue weighted by Gasteiger charge is -2.30. The molecule has 3 unspecified atom stereocenters. The molecule has 3 aliphatic rings. The van der Waals surface area contributed by atoms with Gasteiger partial charge < -0.3 is 25.0 Å². The van der Waals surface area contributed by atoms with Crippen LogP contribution in [0.3, 0.4) is 0 Å². The summed E-state index contributed by atoms with van der Waals surface area (Å²) in [7, 11) is 0. The first-order chi connectivity index (χ1) is 14.5. The average Bonchev–Trinajstić information content (AvgIpc) is 3.46. The quantitative estimate of drug-likeness (QED) is 0.793. The van der Waals surface area contributed by atoms with E-state index < -0.39 is 6.61 Å². The van der Waals surface area contributed by atoms with Gasteiger partial charge in [0.25, 0.3) is 0 Å². The van der Waals surface area contributed by atoms with Crippen LogP contribution >= 0.6 is 0 Å². The molecule has 0 spiro atoms. The third kappa shape index (κ3) is 3.49. The number of ether oxygens (including phenoxy) is 2. The van der Waals surface area contributed by atoms with Gasteiger partial charge in [0.2, 0.25) is 5.95 Å². The van der Waals surface area contributed by atoms with Crippen molar-refractivity contribution < 1.29 is 18.3 Å². The topological polar surface area (TPSA) is 89.6 Å². The van der Waals surface area contributed by atoms with Crippen LogP contribution in [0.5, 0.6) is 5.75 Å². The van der Waals surface area contributed by atoms with Gasteiger partial charge in [-0.3, -0.25) is 0 Å². The van der Waals surface area contributed by atoms with Gasteiger partial charge in [-0.2, -0.15) is 13.8 Å². The summed E-state index contributed by atoms with van der Waals surface area (Å²) in [5.41, 5.74) is 6.86. The molecular weight excluding hydrogens is 394 g/mol. The van der Waals surface area contributed by atoms with Gasteiger partial charge in [-0.25, -0.2) is 9.97 Å². The molecule has 10 heteroatoms. The standard InChI is InChI=1S/C20H24F2N6O2/c1-11-3-2-4-27(11)20-25-15(12-5-16(30-19(21)22)18(23)24-8-12)7-17(26-20)28-9-14-6-13(28)10-29-14/h5,7-8,11,13-14,19H,2-4,6,9-10H2,1H3,(H2,23,24). The number of pyridine rings is 1. The highest BCUT2D eigenvalue weighted by Crippen LogP contribution is 2.36. The van der Waals surface area contributed by atoms with E-state index in [2.05, 4.69) is 26.4 Å². The van der Waals surface area contributed by atoms with Crippen LogP contribution in [0, 0.1) is 0 Å². The summed E-state index contributed by atoms with van der Waals surface area (Å²) in [6, 6.07) is 3.97. The molecule has 0 aromatic carbocycles. The maximum atomic E-state index is 12.7. The minimum atomic E-state index is -2.98. The molecule has 0 saturated carbocycles. The van der Waals surface area contributed by atoms with Crippen LogP contribution in [0.25, 0.3) is 11.3 Å². The van der Waals surface area contributed by atoms with Gasteiger partial charge in [0, 0.05) is 37.0 Å². The van der Waals surface area contributed by atoms with Crippen molar-refractivity contribution in [1.82, 2.24) is 15.0 Å². The van der Waals surface area contributed by atoms with Crippen LogP contribution in [0.4, 0.5) is 26.4 Å². The molecule has 160 valence electrons. The number of hydrogen-bond donors (Lipinski definition) is 1. The Bertz CT molecular complexity index is 946. The van der Waals surface area contributed by atoms with Crippen molar-refractivity contribution in [3.05, 3.63) is 18.3 Å². The van der Waals surface area contributed by atoms with Gasteiger partial charge in [-0.05, 0) is 32.3 Å². The normalized spacial score (nSPS) is 25.5. The molecule has 2 aromatic rings. The first kappa shape index (κ1) is 19.2. The van der Waals surface area contributed by atoms with Crippen molar-refractivity contribution in [2.45, 2.75) is 51.0 Å². The number of alkyl halides is 2. The van der Waals surface area contributed by atoms with Gasteiger partial charge in [0.15, 0.2) is 11.6 Å². The van der Waals surface area contributed by atoms with E-state index in [1.165, 1.54) is 12.3 Å². The Morgan fingerprint density at radius 3 is 2.80 bits per heavy atom. The molecule has 8 nitrogen and oxygen atoms in total. The highest BCUT2D eigenvalue weighted by Gasteiger charge is 2.40. The molecule has 5 rings (SSSR count). The van der Waals surface area contributed by atoms with E-state index in [0.717, 1.165) is 38.2 Å². The lowest BCUT2D eigenvalue weighted by molar-refractivity contribution is -0.0494. The van der Waals surface area contributed by atoms with Gasteiger partial charge in [0.1, 0.15) is 5.82 Å². The Labute approximate surface area is 173 Å². The fourth-order valence-electron chi connectivity index (χ4n) is 4.54. The van der Waals surface area contributed by atoms with Crippen LogP contribution in [0.15, 0.2) is 18.3 Å². The van der Waals surface area contributed by atoms with Gasteiger partial charge >= 0.3 is 6.61 Å². The Balaban J connectivity index is 1.56. The summed E-state index contributed by atoms with van der Waals surface area (Å²) in [6.07, 6.45) is 4.91. The monoisotopic (exact) mass is 418 g/mol. The molecule has 30 heavy (non-hydrogen) atoms. The molecule has 0 aliphatic carbocycles. The smallest absolute Gasteiger partial charge is 0.387 e. The summed E-state index contributed by atoms with van der Waals surface area (Å²) in [6.45, 7) is 1.55. The maximum Gasteiger partial charge on any atom is 0.387 e. The van der Waals surface area contributed by atoms with Crippen molar-refractivity contribution in [2.75, 3.05) is 35.2 Å². The van der Waals surface area contributed by atoms with E-state index >= 15 is 0 Å². The molecule has 3 aliphatic heterocycles. The maximum absolute atomic E-state index is 12.7. The summed E-state index contributed by atoms with van der Waals surface area (Å²) in [4.78, 5) is 18.1. The third-order valence-corrected chi connectivity index (χ3v) is 6.10. The molecule has 2 bridgehead atoms. The van der Waals surface area contributed by atoms with Gasteiger partial charge in [-0.15, -0.1) is 0 Å². The van der Waals surface area contributed by atoms with Crippen LogP contribution in [-0.4, -0.2) is 59.4 Å². The van der Waals surface area contributed by atoms with E-state index in [1.54, 1.807) is 0 Å². The fraction of sp³-hybridized carbons (Fsp3) is 0.550. The average molecular weight is 418 g/mol. The van der Waals surface area contributed by atoms with E-state index in [4.69, 9.17) is 20.4 Å². The molecule has 3 saturated heterocycles. The molecule has 2 aromatic heterocycles. The Morgan fingerprint density at radius 2 is 2.13 bits per heavy atom. The predicted molar refractivity (Wildman–Crippen MR) is 108 cm³/mol. The molecule has 2 N–H and O–H groups in total. The summed E-state index contributed by atoms with van der Waals surface area (Å²) < 4.78 is 35.7. The van der Waals surface area contributed by atoms with Crippen molar-refractivity contribution in [3.63, 3.8) is 0 Å². The van der Waals surface area contributed by atoms with Crippen molar-refractivity contribution in [2.24, 2.45) is 0 Å². The third-order valence-electron chi connectivity index (χ3n) is 6.10. The van der Waals surface area contributed by atoms with E-state index in [1.807, 2.05) is 6.07 Å². The van der Waals surface area contributed by atoms with Crippen molar-refractivity contribution in [1.29, 1.82) is 0 Å². The highest BCUT2D eigenvalue weighted by molar-refractivity contribution is 5.68. The number of morpholine rings is 1. The molecule has 0 amide bonds. The largest absolute Gasteiger partial charge is 0.431 e. The van der Waals surface area contributed by atoms with Crippen LogP contribution in [-0.2, 0) is 4.74 Å². The Kier molecular flexibility index (Phi) is 4.80. The second-order valence-electron chi connectivity index (χ2n) is 8.08. The van der Waals surface area contributed by atoms with Crippen molar-refractivity contribution in [3.8, 4) is 17.0 Å². The number of nitrogen functional groups attached to an aromatic ring is 1. The van der Waals surface area contributed by atoms with Gasteiger partial charge in [-0.1, -0.05) is 0 Å². The van der Waals surface area contributed by atoms with E-state index in [0.29, 0.717) is 35.9 Å². The van der Waals surface area contributed by atoms with Crippen LogP contribution < -0.4 is 20.3 Å². The van der Waals surface area contributed by atoms with E-state index in [-0.39, 0.29) is 17.7 Å². The zero-order valence-corrected chi connectivity index (χ0v) is 16.7. The number of aromatic nitrogens is 3. The Morgan fingerprint density at radius 1 is 1.27 bits per heavy atom. The minimum absolute atomic E-state index is 0.0873. The molecule has 3 fully saturated rings. The number of fused-ring (bicyclic) bond motifs is 2. The lowest BCUT2D eigenvalue weighted by atomic mass is 10.2. The number of nitrogens with two attached hydrogens (primary N) is 1. The van der Waals surface area contributed by atoms with E-state index in [9.17, 15) is 8.78 Å². The molecule has 3 atom stereocenters. The number of rotatable bonds is 5. The molecule has 0 radical (unpaired) electrons. The zero-order valence-electron chi connectivity index (χ0n) is 16.7. The number of hydrogen-bond acceptors (Lipinski definition) is 8. The van der Waals surface area contributed by atoms with Crippen LogP contribution in [0.2, 0.25) is 0 Å². The predicted octanol–water partition coefficient (Wildman–Crippen LogP) is 2.69. The molecule has 5 heterocycles. The van der Waals surface area contributed by atoms with Gasteiger partial charge in [0.05, 0.1) is 24.4 Å². The zero-order chi connectivity index (χ0) is 20.8. The highest BCUT2D eigenvalue weighted by atomic mass is 19.3. The lowest BCUT2D eigenvalue weighted by Crippen LogP contribution is -2.38. The number of anilines is 3. The number of nitrogens with zero attached hydrogens (tertiary/aromatic N) is 5. The van der Waals surface area contributed by atoms with Crippen LogP contribution in [0.1, 0.15) is 26.2 Å². The Hall–Kier alpha value is -2.75. The summed E-state index contributed by atoms with van der Waals surface area (Å²) >= 11 is 0. The second-order valence-corrected chi connectivity index (χ2v) is 8.08. The summed E-state index contributed by atoms with van der Waals surface area (Å²) in [5.74, 6) is 1.21. The second kappa shape index (κ2) is 7.50. The minimum Gasteiger partial charge on any atom is -0.431 e. The fourth-order valence-corrected chi connectivity index (χ4v) is 4.54. The van der Waals surface area contributed by atoms with Crippen molar-refractivity contribution >= 4 is 17.6 Å².